The molecular weight excluding hydrogens is 330 g/mol. The molecule has 2 heterocycles. The van der Waals surface area contributed by atoms with Crippen molar-refractivity contribution in [3.05, 3.63) is 12.3 Å². The van der Waals surface area contributed by atoms with E-state index in [0.29, 0.717) is 25.7 Å². The molecule has 3 N–H and O–H groups in total. The predicted octanol–water partition coefficient (Wildman–Crippen LogP) is 0.593. The van der Waals surface area contributed by atoms with Crippen molar-refractivity contribution in [2.75, 3.05) is 13.2 Å². The summed E-state index contributed by atoms with van der Waals surface area (Å²) in [4.78, 5) is 36.4. The Balaban J connectivity index is 1.65. The van der Waals surface area contributed by atoms with Gasteiger partial charge in [0, 0.05) is 23.8 Å². The summed E-state index contributed by atoms with van der Waals surface area (Å²) in [7, 11) is 0. The smallest absolute Gasteiger partial charge is 0.315 e. The summed E-state index contributed by atoms with van der Waals surface area (Å²) >= 11 is 4.51. The Labute approximate surface area is 147 Å². The summed E-state index contributed by atoms with van der Waals surface area (Å²) in [5.41, 5.74) is 0.725. The van der Waals surface area contributed by atoms with E-state index < -0.39 is 0 Å². The minimum Gasteiger partial charge on any atom is -0.394 e. The highest BCUT2D eigenvalue weighted by Gasteiger charge is 2.35. The zero-order valence-corrected chi connectivity index (χ0v) is 14.6. The van der Waals surface area contributed by atoms with Gasteiger partial charge in [0.2, 0.25) is 5.91 Å². The molecule has 0 saturated carbocycles. The number of nitrogens with one attached hydrogen (secondary N) is 2. The van der Waals surface area contributed by atoms with Crippen LogP contribution in [0.15, 0.2) is 12.3 Å². The van der Waals surface area contributed by atoms with Gasteiger partial charge in [0.25, 0.3) is 0 Å². The molecule has 3 unspecified atom stereocenters. The number of nitrogens with zero attached hydrogens (tertiary/aromatic N) is 1. The van der Waals surface area contributed by atoms with Gasteiger partial charge >= 0.3 is 6.03 Å². The van der Waals surface area contributed by atoms with Gasteiger partial charge in [-0.2, -0.15) is 12.6 Å². The lowest BCUT2D eigenvalue weighted by Gasteiger charge is -2.22. The number of carbonyl (C=O) groups is 3. The first-order valence-electron chi connectivity index (χ1n) is 8.28. The molecule has 0 aliphatic carbocycles. The monoisotopic (exact) mass is 355 g/mol. The predicted molar refractivity (Wildman–Crippen MR) is 92.7 cm³/mol. The minimum atomic E-state index is -0.325. The zero-order chi connectivity index (χ0) is 17.7. The fraction of sp³-hybridized carbons (Fsp3) is 0.688. The lowest BCUT2D eigenvalue weighted by Crippen LogP contribution is -2.43. The normalized spacial score (nSPS) is 24.9. The second kappa shape index (κ2) is 8.53. The first kappa shape index (κ1) is 18.8. The summed E-state index contributed by atoms with van der Waals surface area (Å²) in [6.45, 7) is 3.80. The number of carbonyl (C=O) groups excluding carboxylic acids is 3. The van der Waals surface area contributed by atoms with Crippen molar-refractivity contribution in [1.29, 1.82) is 0 Å². The number of urea groups is 1. The van der Waals surface area contributed by atoms with E-state index in [1.807, 2.05) is 0 Å². The van der Waals surface area contributed by atoms with E-state index in [2.05, 4.69) is 29.8 Å². The molecule has 7 nitrogen and oxygen atoms in total. The molecule has 2 aliphatic heterocycles. The average molecular weight is 355 g/mol. The molecule has 8 heteroatoms. The molecule has 3 amide bonds. The third-order valence-electron chi connectivity index (χ3n) is 4.51. The largest absolute Gasteiger partial charge is 0.394 e. The van der Waals surface area contributed by atoms with Crippen molar-refractivity contribution in [3.63, 3.8) is 0 Å². The third kappa shape index (κ3) is 4.73. The number of likely N-dealkylation sites (tertiary alicyclic amines) is 1. The number of Topliss-reactive ketones (excluding diaryl/α,β-unsaturated/α-hetero) is 1. The summed E-state index contributed by atoms with van der Waals surface area (Å²) in [6, 6.07) is -0.829. The number of rotatable bonds is 9. The molecule has 24 heavy (non-hydrogen) atoms. The lowest BCUT2D eigenvalue weighted by atomic mass is 10.0. The lowest BCUT2D eigenvalue weighted by molar-refractivity contribution is -0.131. The van der Waals surface area contributed by atoms with Crippen LogP contribution < -0.4 is 10.6 Å². The molecular formula is C16H25N3O4S. The Kier molecular flexibility index (Phi) is 6.68. The highest BCUT2D eigenvalue weighted by molar-refractivity contribution is 7.81. The van der Waals surface area contributed by atoms with Gasteiger partial charge in [0.1, 0.15) is 0 Å². The van der Waals surface area contributed by atoms with Gasteiger partial charge in [-0.25, -0.2) is 4.79 Å². The standard InChI is InChI=1S/C16H25N3O4S/c1-10-6-7-14(22)19(10)8-11(21)4-2-3-5-13(24)15-12(9-20)17-16(23)18-15/h12-13,15,20,24H,1-9H2,(H2,17,18,23). The topological polar surface area (TPSA) is 98.7 Å². The van der Waals surface area contributed by atoms with Gasteiger partial charge in [-0.3, -0.25) is 9.59 Å². The summed E-state index contributed by atoms with van der Waals surface area (Å²) < 4.78 is 0. The van der Waals surface area contributed by atoms with Crippen LogP contribution in [-0.4, -0.2) is 58.2 Å². The van der Waals surface area contributed by atoms with E-state index in [4.69, 9.17) is 0 Å². The van der Waals surface area contributed by atoms with Crippen LogP contribution in [0.3, 0.4) is 0 Å². The van der Waals surface area contributed by atoms with Crippen molar-refractivity contribution in [1.82, 2.24) is 15.5 Å². The van der Waals surface area contributed by atoms with E-state index >= 15 is 0 Å². The van der Waals surface area contributed by atoms with E-state index in [0.717, 1.165) is 18.5 Å². The van der Waals surface area contributed by atoms with Crippen molar-refractivity contribution in [2.45, 2.75) is 55.9 Å². The van der Waals surface area contributed by atoms with E-state index in [1.54, 1.807) is 0 Å². The minimum absolute atomic E-state index is 0.0247. The number of thiol groups is 1. The van der Waals surface area contributed by atoms with Crippen molar-refractivity contribution >= 4 is 30.4 Å². The Morgan fingerprint density at radius 3 is 2.71 bits per heavy atom. The van der Waals surface area contributed by atoms with Crippen molar-refractivity contribution < 1.29 is 19.5 Å². The zero-order valence-electron chi connectivity index (χ0n) is 13.7. The maximum absolute atomic E-state index is 12.0. The van der Waals surface area contributed by atoms with Crippen LogP contribution >= 0.6 is 12.6 Å². The van der Waals surface area contributed by atoms with Crippen LogP contribution in [0.1, 0.15) is 38.5 Å². The van der Waals surface area contributed by atoms with Crippen LogP contribution in [0.4, 0.5) is 4.79 Å². The molecule has 2 saturated heterocycles. The van der Waals surface area contributed by atoms with Crippen molar-refractivity contribution in [2.24, 2.45) is 0 Å². The molecule has 0 radical (unpaired) electrons. The van der Waals surface area contributed by atoms with Gasteiger partial charge in [0.05, 0.1) is 25.2 Å². The molecule has 0 aromatic heterocycles. The van der Waals surface area contributed by atoms with Crippen LogP contribution in [0.2, 0.25) is 0 Å². The van der Waals surface area contributed by atoms with Gasteiger partial charge < -0.3 is 20.6 Å². The molecule has 2 fully saturated rings. The van der Waals surface area contributed by atoms with Crippen LogP contribution in [0.5, 0.6) is 0 Å². The first-order chi connectivity index (χ1) is 11.4. The first-order valence-corrected chi connectivity index (χ1v) is 8.79. The Morgan fingerprint density at radius 2 is 2.08 bits per heavy atom. The fourth-order valence-corrected chi connectivity index (χ4v) is 3.55. The quantitative estimate of drug-likeness (QED) is 0.359. The van der Waals surface area contributed by atoms with Gasteiger partial charge in [-0.1, -0.05) is 13.0 Å². The number of unbranched alkanes of at least 4 members (excludes halogenated alkanes) is 1. The Bertz CT molecular complexity index is 509. The molecule has 0 spiro atoms. The van der Waals surface area contributed by atoms with Gasteiger partial charge in [0.15, 0.2) is 5.78 Å². The number of hydrogen-bond donors (Lipinski definition) is 4. The van der Waals surface area contributed by atoms with E-state index in [9.17, 15) is 19.5 Å². The highest BCUT2D eigenvalue weighted by Crippen LogP contribution is 2.21. The number of allylic oxidation sites excluding steroid dienone is 1. The SMILES string of the molecule is C=C1CCC(=O)N1CC(=O)CCCCC(S)C1NC(=O)NC1CO. The molecule has 0 bridgehead atoms. The average Bonchev–Trinajstić information content (AvgIpc) is 3.08. The Hall–Kier alpha value is -1.54. The van der Waals surface area contributed by atoms with Gasteiger partial charge in [-0.05, 0) is 19.3 Å². The summed E-state index contributed by atoms with van der Waals surface area (Å²) in [5, 5.41) is 14.6. The fourth-order valence-electron chi connectivity index (χ4n) is 3.08. The molecule has 2 aliphatic rings. The molecule has 3 atom stereocenters. The number of hydrogen-bond acceptors (Lipinski definition) is 5. The highest BCUT2D eigenvalue weighted by atomic mass is 32.1. The molecule has 0 aromatic rings. The number of aliphatic hydroxyl groups is 1. The maximum Gasteiger partial charge on any atom is 0.315 e. The molecule has 134 valence electrons. The number of aliphatic hydroxyl groups excluding tert-OH is 1. The van der Waals surface area contributed by atoms with Crippen molar-refractivity contribution in [3.8, 4) is 0 Å². The summed E-state index contributed by atoms with van der Waals surface area (Å²) in [6.07, 6.45) is 3.73. The van der Waals surface area contributed by atoms with E-state index in [1.165, 1.54) is 4.90 Å². The molecule has 2 rings (SSSR count). The van der Waals surface area contributed by atoms with Crippen LogP contribution in [0.25, 0.3) is 0 Å². The van der Waals surface area contributed by atoms with Crippen LogP contribution in [0, 0.1) is 0 Å². The Morgan fingerprint density at radius 1 is 1.33 bits per heavy atom. The second-order valence-corrected chi connectivity index (χ2v) is 6.99. The second-order valence-electron chi connectivity index (χ2n) is 6.33. The molecule has 0 aromatic carbocycles. The van der Waals surface area contributed by atoms with Gasteiger partial charge in [-0.15, -0.1) is 0 Å². The summed E-state index contributed by atoms with van der Waals surface area (Å²) in [5.74, 6) is 0.00878. The number of ketones is 1. The number of amides is 3. The third-order valence-corrected chi connectivity index (χ3v) is 5.09. The van der Waals surface area contributed by atoms with Crippen LogP contribution in [-0.2, 0) is 9.59 Å². The maximum atomic E-state index is 12.0. The van der Waals surface area contributed by atoms with E-state index in [-0.39, 0.29) is 48.2 Å².